The summed E-state index contributed by atoms with van der Waals surface area (Å²) in [5.41, 5.74) is 1.40. The summed E-state index contributed by atoms with van der Waals surface area (Å²) in [7, 11) is 0. The third-order valence-corrected chi connectivity index (χ3v) is 5.56. The highest BCUT2D eigenvalue weighted by Gasteiger charge is 2.44. The Morgan fingerprint density at radius 2 is 1.82 bits per heavy atom. The van der Waals surface area contributed by atoms with E-state index in [0.29, 0.717) is 6.42 Å². The lowest BCUT2D eigenvalue weighted by atomic mass is 9.60. The fourth-order valence-electron chi connectivity index (χ4n) is 3.71. The van der Waals surface area contributed by atoms with Gasteiger partial charge in [0.2, 0.25) is 0 Å². The third kappa shape index (κ3) is 3.34. The average Bonchev–Trinajstić information content (AvgIpc) is 2.50. The van der Waals surface area contributed by atoms with Crippen LogP contribution in [0.4, 0.5) is 0 Å². The molecule has 1 saturated heterocycles. The molecule has 0 spiro atoms. The number of benzene rings is 1. The van der Waals surface area contributed by atoms with Gasteiger partial charge in [-0.1, -0.05) is 51.1 Å². The lowest BCUT2D eigenvalue weighted by molar-refractivity contribution is -0.0136. The molecule has 1 fully saturated rings. The molecular formula is C19H28N2O. The minimum Gasteiger partial charge on any atom is -0.394 e. The summed E-state index contributed by atoms with van der Waals surface area (Å²) in [6, 6.07) is 12.7. The van der Waals surface area contributed by atoms with Gasteiger partial charge in [-0.25, -0.2) is 0 Å². The number of likely N-dealkylation sites (tertiary alicyclic amines) is 1. The second kappa shape index (κ2) is 6.81. The van der Waals surface area contributed by atoms with Crippen molar-refractivity contribution in [1.29, 1.82) is 5.26 Å². The summed E-state index contributed by atoms with van der Waals surface area (Å²) in [6.07, 6.45) is 2.67. The van der Waals surface area contributed by atoms with Gasteiger partial charge in [-0.3, -0.25) is 4.90 Å². The van der Waals surface area contributed by atoms with E-state index in [0.717, 1.165) is 25.9 Å². The van der Waals surface area contributed by atoms with Crippen molar-refractivity contribution in [2.45, 2.75) is 46.1 Å². The normalized spacial score (nSPS) is 20.3. The molecule has 2 rings (SSSR count). The van der Waals surface area contributed by atoms with Crippen LogP contribution in [0.15, 0.2) is 30.3 Å². The zero-order valence-corrected chi connectivity index (χ0v) is 14.0. The maximum absolute atomic E-state index is 9.83. The molecule has 1 unspecified atom stereocenters. The van der Waals surface area contributed by atoms with E-state index < -0.39 is 0 Å². The zero-order chi connectivity index (χ0) is 16.2. The molecule has 0 saturated carbocycles. The maximum atomic E-state index is 9.83. The van der Waals surface area contributed by atoms with Crippen LogP contribution >= 0.6 is 0 Å². The first kappa shape index (κ1) is 17.0. The van der Waals surface area contributed by atoms with Gasteiger partial charge in [0.15, 0.2) is 0 Å². The molecule has 0 bridgehead atoms. The van der Waals surface area contributed by atoms with E-state index in [-0.39, 0.29) is 23.5 Å². The minimum atomic E-state index is 0.0706. The van der Waals surface area contributed by atoms with Crippen molar-refractivity contribution in [2.24, 2.45) is 10.8 Å². The highest BCUT2D eigenvalue weighted by molar-refractivity contribution is 5.19. The van der Waals surface area contributed by atoms with E-state index in [9.17, 15) is 10.4 Å². The SMILES string of the molecule is CC(C)(C)C1(CC#N)CCN(C(CO)c2ccccc2)CC1. The van der Waals surface area contributed by atoms with Crippen molar-refractivity contribution in [3.05, 3.63) is 35.9 Å². The molecular weight excluding hydrogens is 272 g/mol. The highest BCUT2D eigenvalue weighted by Crippen LogP contribution is 2.50. The van der Waals surface area contributed by atoms with E-state index in [1.54, 1.807) is 0 Å². The molecule has 0 amide bonds. The van der Waals surface area contributed by atoms with E-state index >= 15 is 0 Å². The van der Waals surface area contributed by atoms with Gasteiger partial charge < -0.3 is 5.11 Å². The summed E-state index contributed by atoms with van der Waals surface area (Å²) in [6.45, 7) is 8.78. The number of aliphatic hydroxyl groups is 1. The quantitative estimate of drug-likeness (QED) is 0.921. The molecule has 1 aliphatic rings. The Morgan fingerprint density at radius 1 is 1.23 bits per heavy atom. The largest absolute Gasteiger partial charge is 0.394 e. The van der Waals surface area contributed by atoms with Gasteiger partial charge in [-0.2, -0.15) is 5.26 Å². The summed E-state index contributed by atoms with van der Waals surface area (Å²) in [4.78, 5) is 2.37. The number of hydrogen-bond acceptors (Lipinski definition) is 3. The van der Waals surface area contributed by atoms with Gasteiger partial charge in [0.1, 0.15) is 0 Å². The van der Waals surface area contributed by atoms with Crippen LogP contribution in [0.3, 0.4) is 0 Å². The van der Waals surface area contributed by atoms with Crippen LogP contribution in [-0.4, -0.2) is 29.7 Å². The number of hydrogen-bond donors (Lipinski definition) is 1. The molecule has 1 aliphatic heterocycles. The molecule has 0 aliphatic carbocycles. The predicted molar refractivity (Wildman–Crippen MR) is 89.2 cm³/mol. The molecule has 0 aromatic heterocycles. The minimum absolute atomic E-state index is 0.0706. The van der Waals surface area contributed by atoms with Crippen LogP contribution in [0.25, 0.3) is 0 Å². The lowest BCUT2D eigenvalue weighted by Crippen LogP contribution is -2.48. The molecule has 3 heteroatoms. The van der Waals surface area contributed by atoms with Gasteiger partial charge in [0.05, 0.1) is 18.7 Å². The first-order chi connectivity index (χ1) is 10.4. The predicted octanol–water partition coefficient (Wildman–Crippen LogP) is 3.76. The fourth-order valence-corrected chi connectivity index (χ4v) is 3.71. The number of nitrogens with zero attached hydrogens (tertiary/aromatic N) is 2. The first-order valence-corrected chi connectivity index (χ1v) is 8.20. The molecule has 120 valence electrons. The highest BCUT2D eigenvalue weighted by atomic mass is 16.3. The van der Waals surface area contributed by atoms with Crippen LogP contribution in [0, 0.1) is 22.2 Å². The molecule has 0 radical (unpaired) electrons. The van der Waals surface area contributed by atoms with E-state index in [2.05, 4.69) is 43.9 Å². The van der Waals surface area contributed by atoms with E-state index in [1.165, 1.54) is 5.56 Å². The summed E-state index contributed by atoms with van der Waals surface area (Å²) >= 11 is 0. The molecule has 1 aromatic rings. The molecule has 1 aromatic carbocycles. The lowest BCUT2D eigenvalue weighted by Gasteiger charge is -2.50. The molecule has 1 atom stereocenters. The Labute approximate surface area is 134 Å². The first-order valence-electron chi connectivity index (χ1n) is 8.20. The number of piperidine rings is 1. The molecule has 22 heavy (non-hydrogen) atoms. The van der Waals surface area contributed by atoms with Gasteiger partial charge in [-0.15, -0.1) is 0 Å². The van der Waals surface area contributed by atoms with Crippen molar-refractivity contribution in [2.75, 3.05) is 19.7 Å². The van der Waals surface area contributed by atoms with Crippen LogP contribution in [-0.2, 0) is 0 Å². The molecule has 1 N–H and O–H groups in total. The van der Waals surface area contributed by atoms with Crippen LogP contribution in [0.1, 0.15) is 51.6 Å². The van der Waals surface area contributed by atoms with Crippen molar-refractivity contribution >= 4 is 0 Å². The molecule has 3 nitrogen and oxygen atoms in total. The van der Waals surface area contributed by atoms with Gasteiger partial charge in [-0.05, 0) is 42.3 Å². The second-order valence-corrected chi connectivity index (χ2v) is 7.51. The van der Waals surface area contributed by atoms with Gasteiger partial charge >= 0.3 is 0 Å². The van der Waals surface area contributed by atoms with Gasteiger partial charge in [0, 0.05) is 6.42 Å². The van der Waals surface area contributed by atoms with E-state index in [4.69, 9.17) is 0 Å². The topological polar surface area (TPSA) is 47.3 Å². The van der Waals surface area contributed by atoms with Crippen LogP contribution in [0.2, 0.25) is 0 Å². The van der Waals surface area contributed by atoms with Crippen LogP contribution < -0.4 is 0 Å². The van der Waals surface area contributed by atoms with E-state index in [1.807, 2.05) is 18.2 Å². The number of nitriles is 1. The second-order valence-electron chi connectivity index (χ2n) is 7.51. The summed E-state index contributed by atoms with van der Waals surface area (Å²) in [5, 5.41) is 19.1. The average molecular weight is 300 g/mol. The van der Waals surface area contributed by atoms with Crippen molar-refractivity contribution in [3.63, 3.8) is 0 Å². The Hall–Kier alpha value is -1.37. The third-order valence-electron chi connectivity index (χ3n) is 5.56. The standard InChI is InChI=1S/C19H28N2O/c1-18(2,3)19(9-12-20)10-13-21(14-11-19)17(15-22)16-7-5-4-6-8-16/h4-8,17,22H,9-11,13-15H2,1-3H3. The Balaban J connectivity index is 2.12. The molecule has 1 heterocycles. The van der Waals surface area contributed by atoms with Gasteiger partial charge in [0.25, 0.3) is 0 Å². The fraction of sp³-hybridized carbons (Fsp3) is 0.632. The van der Waals surface area contributed by atoms with Crippen molar-refractivity contribution < 1.29 is 5.11 Å². The number of aliphatic hydroxyl groups excluding tert-OH is 1. The summed E-state index contributed by atoms with van der Waals surface area (Å²) in [5.74, 6) is 0. The zero-order valence-electron chi connectivity index (χ0n) is 14.0. The smallest absolute Gasteiger partial charge is 0.0628 e. The summed E-state index contributed by atoms with van der Waals surface area (Å²) < 4.78 is 0. The number of rotatable bonds is 4. The Kier molecular flexibility index (Phi) is 5.26. The monoisotopic (exact) mass is 300 g/mol. The Bertz CT molecular complexity index is 504. The Morgan fingerprint density at radius 3 is 2.27 bits per heavy atom. The maximum Gasteiger partial charge on any atom is 0.0628 e. The van der Waals surface area contributed by atoms with Crippen LogP contribution in [0.5, 0.6) is 0 Å². The van der Waals surface area contributed by atoms with Crippen molar-refractivity contribution in [3.8, 4) is 6.07 Å². The van der Waals surface area contributed by atoms with Crippen molar-refractivity contribution in [1.82, 2.24) is 4.90 Å².